The SMILES string of the molecule is CC1=CC2CCCC(C)(C)CC2N=C1. The summed E-state index contributed by atoms with van der Waals surface area (Å²) in [5.41, 5.74) is 1.85. The molecule has 1 fully saturated rings. The van der Waals surface area contributed by atoms with E-state index in [1.54, 1.807) is 0 Å². The van der Waals surface area contributed by atoms with E-state index in [2.05, 4.69) is 33.1 Å². The standard InChI is InChI=1S/C13H21N/c1-10-7-11-5-4-6-13(2,3)8-12(11)14-9-10/h7,9,11-12H,4-6,8H2,1-3H3. The van der Waals surface area contributed by atoms with Crippen LogP contribution in [0.4, 0.5) is 0 Å². The summed E-state index contributed by atoms with van der Waals surface area (Å²) in [5, 5.41) is 0. The zero-order valence-electron chi connectivity index (χ0n) is 9.59. The Morgan fingerprint density at radius 2 is 2.21 bits per heavy atom. The van der Waals surface area contributed by atoms with Gasteiger partial charge in [-0.3, -0.25) is 4.99 Å². The molecule has 0 amide bonds. The topological polar surface area (TPSA) is 12.4 Å². The van der Waals surface area contributed by atoms with E-state index in [1.807, 2.05) is 0 Å². The third-order valence-electron chi connectivity index (χ3n) is 3.59. The monoisotopic (exact) mass is 191 g/mol. The lowest BCUT2D eigenvalue weighted by atomic mass is 9.82. The second-order valence-corrected chi connectivity index (χ2v) is 5.68. The predicted octanol–water partition coefficient (Wildman–Crippen LogP) is 3.60. The van der Waals surface area contributed by atoms with E-state index in [9.17, 15) is 0 Å². The molecule has 0 bridgehead atoms. The number of rotatable bonds is 0. The molecule has 0 N–H and O–H groups in total. The van der Waals surface area contributed by atoms with Gasteiger partial charge in [0.2, 0.25) is 0 Å². The van der Waals surface area contributed by atoms with Crippen LogP contribution in [0.25, 0.3) is 0 Å². The normalized spacial score (nSPS) is 35.8. The van der Waals surface area contributed by atoms with Gasteiger partial charge < -0.3 is 0 Å². The molecule has 1 heterocycles. The van der Waals surface area contributed by atoms with Crippen molar-refractivity contribution < 1.29 is 0 Å². The first-order chi connectivity index (χ1) is 6.57. The van der Waals surface area contributed by atoms with Crippen molar-refractivity contribution in [1.29, 1.82) is 0 Å². The highest BCUT2D eigenvalue weighted by molar-refractivity contribution is 5.78. The molecule has 2 aliphatic rings. The van der Waals surface area contributed by atoms with Crippen LogP contribution in [0.3, 0.4) is 0 Å². The Morgan fingerprint density at radius 3 is 3.00 bits per heavy atom. The minimum Gasteiger partial charge on any atom is -0.289 e. The van der Waals surface area contributed by atoms with Gasteiger partial charge >= 0.3 is 0 Å². The summed E-state index contributed by atoms with van der Waals surface area (Å²) in [5.74, 6) is 0.724. The number of hydrogen-bond donors (Lipinski definition) is 0. The Labute approximate surface area is 87.3 Å². The van der Waals surface area contributed by atoms with Crippen molar-refractivity contribution in [3.8, 4) is 0 Å². The molecule has 1 nitrogen and oxygen atoms in total. The summed E-state index contributed by atoms with van der Waals surface area (Å²) in [7, 11) is 0. The van der Waals surface area contributed by atoms with Gasteiger partial charge in [-0.1, -0.05) is 26.3 Å². The summed E-state index contributed by atoms with van der Waals surface area (Å²) in [6.07, 6.45) is 9.82. The van der Waals surface area contributed by atoms with E-state index < -0.39 is 0 Å². The van der Waals surface area contributed by atoms with Gasteiger partial charge in [-0.25, -0.2) is 0 Å². The van der Waals surface area contributed by atoms with Crippen molar-refractivity contribution in [2.45, 2.75) is 52.5 Å². The first-order valence-electron chi connectivity index (χ1n) is 5.78. The van der Waals surface area contributed by atoms with E-state index >= 15 is 0 Å². The van der Waals surface area contributed by atoms with Gasteiger partial charge in [-0.05, 0) is 43.1 Å². The molecule has 0 aromatic heterocycles. The van der Waals surface area contributed by atoms with Gasteiger partial charge in [0.1, 0.15) is 0 Å². The second-order valence-electron chi connectivity index (χ2n) is 5.68. The maximum absolute atomic E-state index is 4.69. The highest BCUT2D eigenvalue weighted by Crippen LogP contribution is 2.39. The van der Waals surface area contributed by atoms with Gasteiger partial charge in [0.25, 0.3) is 0 Å². The Hall–Kier alpha value is -0.590. The molecule has 0 saturated heterocycles. The minimum atomic E-state index is 0.496. The highest BCUT2D eigenvalue weighted by Gasteiger charge is 2.31. The van der Waals surface area contributed by atoms with Gasteiger partial charge in [-0.2, -0.15) is 0 Å². The molecule has 2 atom stereocenters. The minimum absolute atomic E-state index is 0.496. The average Bonchev–Trinajstić information content (AvgIpc) is 2.22. The average molecular weight is 191 g/mol. The lowest BCUT2D eigenvalue weighted by molar-refractivity contribution is 0.292. The zero-order valence-corrected chi connectivity index (χ0v) is 9.59. The third-order valence-corrected chi connectivity index (χ3v) is 3.59. The van der Waals surface area contributed by atoms with Crippen molar-refractivity contribution in [3.63, 3.8) is 0 Å². The van der Waals surface area contributed by atoms with Crippen LogP contribution in [-0.2, 0) is 0 Å². The maximum atomic E-state index is 4.69. The number of dihydropyridines is 1. The van der Waals surface area contributed by atoms with E-state index in [0.29, 0.717) is 11.5 Å². The van der Waals surface area contributed by atoms with Crippen LogP contribution in [0.15, 0.2) is 16.6 Å². The van der Waals surface area contributed by atoms with Crippen LogP contribution in [0.5, 0.6) is 0 Å². The summed E-state index contributed by atoms with van der Waals surface area (Å²) in [6.45, 7) is 6.93. The molecule has 1 heteroatoms. The van der Waals surface area contributed by atoms with Crippen molar-refractivity contribution in [1.82, 2.24) is 0 Å². The molecule has 78 valence electrons. The first-order valence-corrected chi connectivity index (χ1v) is 5.78. The van der Waals surface area contributed by atoms with Crippen LogP contribution in [0.2, 0.25) is 0 Å². The second kappa shape index (κ2) is 3.52. The number of hydrogen-bond acceptors (Lipinski definition) is 1. The molecule has 0 aromatic rings. The molecule has 2 unspecified atom stereocenters. The van der Waals surface area contributed by atoms with Crippen LogP contribution in [0, 0.1) is 11.3 Å². The first kappa shape index (κ1) is 9.95. The quantitative estimate of drug-likeness (QED) is 0.554. The lowest BCUT2D eigenvalue weighted by Crippen LogP contribution is -2.24. The zero-order chi connectivity index (χ0) is 10.2. The van der Waals surface area contributed by atoms with Crippen molar-refractivity contribution >= 4 is 6.21 Å². The predicted molar refractivity (Wildman–Crippen MR) is 61.8 cm³/mol. The Balaban J connectivity index is 2.16. The lowest BCUT2D eigenvalue weighted by Gasteiger charge is -2.28. The number of aliphatic imine (C=N–C) groups is 1. The molecule has 14 heavy (non-hydrogen) atoms. The largest absolute Gasteiger partial charge is 0.289 e. The fraction of sp³-hybridized carbons (Fsp3) is 0.769. The molecule has 2 rings (SSSR count). The van der Waals surface area contributed by atoms with Crippen molar-refractivity contribution in [2.24, 2.45) is 16.3 Å². The number of nitrogens with zero attached hydrogens (tertiary/aromatic N) is 1. The molecule has 0 spiro atoms. The third kappa shape index (κ3) is 2.08. The smallest absolute Gasteiger partial charge is 0.0567 e. The summed E-state index contributed by atoms with van der Waals surface area (Å²) in [6, 6.07) is 0.566. The van der Waals surface area contributed by atoms with Crippen molar-refractivity contribution in [2.75, 3.05) is 0 Å². The molecular weight excluding hydrogens is 170 g/mol. The number of fused-ring (bicyclic) bond motifs is 1. The van der Waals surface area contributed by atoms with E-state index in [0.717, 1.165) is 5.92 Å². The van der Waals surface area contributed by atoms with Gasteiger partial charge in [-0.15, -0.1) is 0 Å². The van der Waals surface area contributed by atoms with Gasteiger partial charge in [0.15, 0.2) is 0 Å². The van der Waals surface area contributed by atoms with Gasteiger partial charge in [0, 0.05) is 6.21 Å². The molecule has 0 aromatic carbocycles. The molecule has 1 saturated carbocycles. The summed E-state index contributed by atoms with van der Waals surface area (Å²) < 4.78 is 0. The maximum Gasteiger partial charge on any atom is 0.0567 e. The Bertz CT molecular complexity index is 273. The fourth-order valence-corrected chi connectivity index (χ4v) is 2.78. The van der Waals surface area contributed by atoms with E-state index in [-0.39, 0.29) is 0 Å². The van der Waals surface area contributed by atoms with Crippen LogP contribution in [-0.4, -0.2) is 12.3 Å². The Morgan fingerprint density at radius 1 is 1.43 bits per heavy atom. The fourth-order valence-electron chi connectivity index (χ4n) is 2.78. The van der Waals surface area contributed by atoms with Gasteiger partial charge in [0.05, 0.1) is 6.04 Å². The van der Waals surface area contributed by atoms with Crippen LogP contribution < -0.4 is 0 Å². The molecule has 0 radical (unpaired) electrons. The van der Waals surface area contributed by atoms with Crippen molar-refractivity contribution in [3.05, 3.63) is 11.6 Å². The highest BCUT2D eigenvalue weighted by atomic mass is 14.8. The van der Waals surface area contributed by atoms with Crippen LogP contribution in [0.1, 0.15) is 46.5 Å². The van der Waals surface area contributed by atoms with E-state index in [4.69, 9.17) is 4.99 Å². The Kier molecular flexibility index (Phi) is 2.50. The number of allylic oxidation sites excluding steroid dienone is 1. The molecule has 1 aliphatic carbocycles. The molecule has 1 aliphatic heterocycles. The van der Waals surface area contributed by atoms with E-state index in [1.165, 1.54) is 31.3 Å². The molecular formula is C13H21N. The summed E-state index contributed by atoms with van der Waals surface area (Å²) >= 11 is 0. The summed E-state index contributed by atoms with van der Waals surface area (Å²) in [4.78, 5) is 4.69. The van der Waals surface area contributed by atoms with Crippen LogP contribution >= 0.6 is 0 Å².